The predicted molar refractivity (Wildman–Crippen MR) is 128 cm³/mol. The number of hydrogen-bond acceptors (Lipinski definition) is 8. The molecule has 0 radical (unpaired) electrons. The molecule has 0 aromatic rings. The third-order valence-electron chi connectivity index (χ3n) is 7.77. The SMILES string of the molecule is CCC=CC[C@H]1[C@H](CC(=O)[C@H](O)CCCCCCCC(=O)O)O[C@@]2(O)CC13C(=NC[C@H]3O)CC2=O. The Hall–Kier alpha value is -1.94. The monoisotopic (exact) mass is 493 g/mol. The lowest BCUT2D eigenvalue weighted by Crippen LogP contribution is -2.67. The van der Waals surface area contributed by atoms with Crippen molar-refractivity contribution >= 4 is 23.2 Å². The molecule has 1 spiro atoms. The zero-order chi connectivity index (χ0) is 25.6. The van der Waals surface area contributed by atoms with Crippen LogP contribution in [0.25, 0.3) is 0 Å². The van der Waals surface area contributed by atoms with E-state index in [0.29, 0.717) is 25.0 Å². The number of unbranched alkanes of at least 4 members (excludes halogenated alkanes) is 4. The van der Waals surface area contributed by atoms with Crippen molar-refractivity contribution in [2.75, 3.05) is 6.54 Å². The number of rotatable bonds is 14. The third-order valence-corrected chi connectivity index (χ3v) is 7.77. The number of aliphatic imine (C=N–C) groups is 1. The predicted octanol–water partition coefficient (Wildman–Crippen LogP) is 2.35. The topological polar surface area (TPSA) is 154 Å². The van der Waals surface area contributed by atoms with E-state index in [2.05, 4.69) is 4.99 Å². The third kappa shape index (κ3) is 6.07. The van der Waals surface area contributed by atoms with Gasteiger partial charge in [0, 0.05) is 36.3 Å². The van der Waals surface area contributed by atoms with Crippen LogP contribution in [0.2, 0.25) is 0 Å². The van der Waals surface area contributed by atoms with Gasteiger partial charge in [0.05, 0.1) is 25.2 Å². The molecule has 3 aliphatic rings. The number of carbonyl (C=O) groups excluding carboxylic acids is 2. The first-order valence-corrected chi connectivity index (χ1v) is 12.9. The lowest BCUT2D eigenvalue weighted by molar-refractivity contribution is -0.285. The van der Waals surface area contributed by atoms with Crippen LogP contribution in [0.3, 0.4) is 0 Å². The molecule has 2 aliphatic heterocycles. The number of fused-ring (bicyclic) bond motifs is 1. The van der Waals surface area contributed by atoms with E-state index < -0.39 is 47.0 Å². The molecule has 2 bridgehead atoms. The number of Topliss-reactive ketones (excluding diaryl/α,β-unsaturated/α-hetero) is 2. The standard InChI is InChI=1S/C26H39NO8/c1-2-3-7-10-17-20(13-19(29)18(28)11-8-5-4-6-9-12-24(32)33)35-26(34)16-25(17)21(14-22(26)30)27-15-23(25)31/h3,7,17-18,20,23,28,31,34H,2,4-6,8-16H2,1H3,(H,32,33)/t17-,18+,20-,23+,25?,26-/m0/s1. The minimum absolute atomic E-state index is 0.0708. The summed E-state index contributed by atoms with van der Waals surface area (Å²) in [5.41, 5.74) is -0.344. The molecule has 2 fully saturated rings. The molecule has 1 saturated carbocycles. The Morgan fingerprint density at radius 1 is 1.20 bits per heavy atom. The Labute approximate surface area is 206 Å². The lowest BCUT2D eigenvalue weighted by Gasteiger charge is -2.55. The van der Waals surface area contributed by atoms with Crippen molar-refractivity contribution in [1.82, 2.24) is 0 Å². The summed E-state index contributed by atoms with van der Waals surface area (Å²) in [6.07, 6.45) is 6.20. The fraction of sp³-hybridized carbons (Fsp3) is 0.769. The van der Waals surface area contributed by atoms with Gasteiger partial charge in [-0.2, -0.15) is 0 Å². The van der Waals surface area contributed by atoms with Crippen molar-refractivity contribution in [3.63, 3.8) is 0 Å². The first kappa shape index (κ1) is 27.6. The van der Waals surface area contributed by atoms with E-state index in [4.69, 9.17) is 9.84 Å². The summed E-state index contributed by atoms with van der Waals surface area (Å²) in [6, 6.07) is 0. The maximum atomic E-state index is 12.9. The molecule has 9 nitrogen and oxygen atoms in total. The number of carboxylic acids is 1. The van der Waals surface area contributed by atoms with E-state index in [1.807, 2.05) is 19.1 Å². The van der Waals surface area contributed by atoms with Gasteiger partial charge in [-0.1, -0.05) is 44.8 Å². The molecule has 196 valence electrons. The van der Waals surface area contributed by atoms with Crippen LogP contribution in [-0.2, 0) is 19.1 Å². The summed E-state index contributed by atoms with van der Waals surface area (Å²) in [6.45, 7) is 2.16. The summed E-state index contributed by atoms with van der Waals surface area (Å²) in [7, 11) is 0. The van der Waals surface area contributed by atoms with Crippen molar-refractivity contribution in [3.05, 3.63) is 12.2 Å². The molecule has 9 heteroatoms. The van der Waals surface area contributed by atoms with Crippen molar-refractivity contribution < 1.29 is 39.5 Å². The number of carbonyl (C=O) groups is 3. The highest BCUT2D eigenvalue weighted by Gasteiger charge is 2.67. The molecular formula is C26H39NO8. The number of aliphatic carboxylic acids is 1. The van der Waals surface area contributed by atoms with Crippen LogP contribution in [-0.4, -0.2) is 74.3 Å². The molecule has 35 heavy (non-hydrogen) atoms. The van der Waals surface area contributed by atoms with Crippen LogP contribution in [0.4, 0.5) is 0 Å². The minimum atomic E-state index is -2.07. The van der Waals surface area contributed by atoms with Crippen molar-refractivity contribution in [2.24, 2.45) is 16.3 Å². The number of carboxylic acid groups (broad SMARTS) is 1. The minimum Gasteiger partial charge on any atom is -0.481 e. The number of aliphatic hydroxyl groups is 3. The molecule has 1 aliphatic carbocycles. The van der Waals surface area contributed by atoms with Gasteiger partial charge < -0.3 is 25.2 Å². The van der Waals surface area contributed by atoms with Gasteiger partial charge in [0.15, 0.2) is 11.6 Å². The first-order chi connectivity index (χ1) is 16.6. The second-order valence-corrected chi connectivity index (χ2v) is 10.2. The molecule has 1 saturated heterocycles. The molecule has 2 heterocycles. The van der Waals surface area contributed by atoms with E-state index in [1.54, 1.807) is 0 Å². The molecular weight excluding hydrogens is 454 g/mol. The second kappa shape index (κ2) is 11.9. The van der Waals surface area contributed by atoms with Crippen LogP contribution in [0.5, 0.6) is 0 Å². The summed E-state index contributed by atoms with van der Waals surface area (Å²) in [5, 5.41) is 41.2. The summed E-state index contributed by atoms with van der Waals surface area (Å²) < 4.78 is 5.89. The van der Waals surface area contributed by atoms with Gasteiger partial charge in [-0.3, -0.25) is 19.4 Å². The Morgan fingerprint density at radius 2 is 1.91 bits per heavy atom. The molecule has 3 rings (SSSR count). The van der Waals surface area contributed by atoms with Gasteiger partial charge in [0.1, 0.15) is 6.10 Å². The highest BCUT2D eigenvalue weighted by Crippen LogP contribution is 2.56. The Morgan fingerprint density at radius 3 is 2.63 bits per heavy atom. The summed E-state index contributed by atoms with van der Waals surface area (Å²) >= 11 is 0. The molecule has 0 amide bonds. The van der Waals surface area contributed by atoms with E-state index in [0.717, 1.165) is 25.7 Å². The van der Waals surface area contributed by atoms with Crippen LogP contribution in [0.1, 0.15) is 84.0 Å². The number of ether oxygens (including phenoxy) is 1. The van der Waals surface area contributed by atoms with Crippen LogP contribution < -0.4 is 0 Å². The van der Waals surface area contributed by atoms with Crippen LogP contribution in [0.15, 0.2) is 17.1 Å². The van der Waals surface area contributed by atoms with Gasteiger partial charge in [0.25, 0.3) is 0 Å². The number of ketones is 2. The maximum Gasteiger partial charge on any atom is 0.303 e. The molecule has 0 aromatic heterocycles. The van der Waals surface area contributed by atoms with Gasteiger partial charge in [-0.05, 0) is 25.7 Å². The molecule has 6 atom stereocenters. The zero-order valence-electron chi connectivity index (χ0n) is 20.5. The highest BCUT2D eigenvalue weighted by atomic mass is 16.6. The van der Waals surface area contributed by atoms with E-state index in [1.165, 1.54) is 0 Å². The second-order valence-electron chi connectivity index (χ2n) is 10.2. The van der Waals surface area contributed by atoms with Crippen molar-refractivity contribution in [1.29, 1.82) is 0 Å². The quantitative estimate of drug-likeness (QED) is 0.212. The van der Waals surface area contributed by atoms with Gasteiger partial charge in [-0.25, -0.2) is 0 Å². The highest BCUT2D eigenvalue weighted by molar-refractivity contribution is 6.11. The van der Waals surface area contributed by atoms with E-state index in [-0.39, 0.29) is 44.6 Å². The van der Waals surface area contributed by atoms with Crippen LogP contribution >= 0.6 is 0 Å². The Bertz CT molecular complexity index is 854. The first-order valence-electron chi connectivity index (χ1n) is 12.9. The maximum absolute atomic E-state index is 12.9. The van der Waals surface area contributed by atoms with E-state index in [9.17, 15) is 29.7 Å². The van der Waals surface area contributed by atoms with Crippen molar-refractivity contribution in [2.45, 2.75) is 108 Å². The van der Waals surface area contributed by atoms with Crippen LogP contribution in [0, 0.1) is 11.3 Å². The number of nitrogens with zero attached hydrogens (tertiary/aromatic N) is 1. The normalized spacial score (nSPS) is 33.0. The average molecular weight is 494 g/mol. The lowest BCUT2D eigenvalue weighted by atomic mass is 9.56. The zero-order valence-corrected chi connectivity index (χ0v) is 20.5. The molecule has 1 unspecified atom stereocenters. The van der Waals surface area contributed by atoms with Gasteiger partial charge >= 0.3 is 5.97 Å². The largest absolute Gasteiger partial charge is 0.481 e. The number of aliphatic hydroxyl groups excluding tert-OH is 2. The van der Waals surface area contributed by atoms with Gasteiger partial charge in [-0.15, -0.1) is 0 Å². The summed E-state index contributed by atoms with van der Waals surface area (Å²) in [5.74, 6) is -4.16. The molecule has 0 aromatic carbocycles. The fourth-order valence-corrected chi connectivity index (χ4v) is 5.88. The van der Waals surface area contributed by atoms with E-state index >= 15 is 0 Å². The number of allylic oxidation sites excluding steroid dienone is 2. The Balaban J connectivity index is 1.65. The number of hydrogen-bond donors (Lipinski definition) is 4. The Kier molecular flexibility index (Phi) is 9.37. The fourth-order valence-electron chi connectivity index (χ4n) is 5.88. The summed E-state index contributed by atoms with van der Waals surface area (Å²) in [4.78, 5) is 40.6. The molecule has 4 N–H and O–H groups in total. The smallest absolute Gasteiger partial charge is 0.303 e. The average Bonchev–Trinajstić information content (AvgIpc) is 3.10. The van der Waals surface area contributed by atoms with Gasteiger partial charge in [0.2, 0.25) is 5.79 Å². The van der Waals surface area contributed by atoms with Crippen molar-refractivity contribution in [3.8, 4) is 0 Å².